The van der Waals surface area contributed by atoms with Gasteiger partial charge in [0.2, 0.25) is 0 Å². The van der Waals surface area contributed by atoms with E-state index in [1.165, 1.54) is 37.8 Å². The van der Waals surface area contributed by atoms with Crippen molar-refractivity contribution in [2.75, 3.05) is 12.5 Å². The molecule has 0 aliphatic rings. The van der Waals surface area contributed by atoms with E-state index < -0.39 is 38.5 Å². The fourth-order valence-electron chi connectivity index (χ4n) is 4.28. The van der Waals surface area contributed by atoms with Gasteiger partial charge in [0.05, 0.1) is 28.6 Å². The van der Waals surface area contributed by atoms with Crippen molar-refractivity contribution >= 4 is 38.5 Å². The van der Waals surface area contributed by atoms with Crippen molar-refractivity contribution in [3.05, 3.63) is 0 Å². The largest absolute Gasteiger partial charge is 0.507 e. The molecule has 0 fully saturated rings. The summed E-state index contributed by atoms with van der Waals surface area (Å²) in [6.07, 6.45) is 5.71. The summed E-state index contributed by atoms with van der Waals surface area (Å²) in [5, 5.41) is 0. The first kappa shape index (κ1) is 30.1. The first-order valence-corrected chi connectivity index (χ1v) is 26.2. The minimum atomic E-state index is -1.62. The quantitative estimate of drug-likeness (QED) is 0.180. The molecular weight excluding hydrogens is 437 g/mol. The second-order valence-corrected chi connectivity index (χ2v) is 34.6. The van der Waals surface area contributed by atoms with Gasteiger partial charge >= 0.3 is 6.16 Å². The lowest BCUT2D eigenvalue weighted by Crippen LogP contribution is -2.42. The van der Waals surface area contributed by atoms with Crippen molar-refractivity contribution in [2.45, 2.75) is 128 Å². The summed E-state index contributed by atoms with van der Waals surface area (Å²) in [6, 6.07) is 2.73. The van der Waals surface area contributed by atoms with Crippen LogP contribution in [0.25, 0.3) is 0 Å². The van der Waals surface area contributed by atoms with E-state index in [2.05, 4.69) is 79.3 Å². The van der Waals surface area contributed by atoms with Gasteiger partial charge in [-0.25, -0.2) is 4.79 Å². The van der Waals surface area contributed by atoms with E-state index in [1.54, 1.807) is 0 Å². The highest BCUT2D eigenvalue weighted by atomic mass is 28.3. The second kappa shape index (κ2) is 12.4. The zero-order chi connectivity index (χ0) is 23.8. The zero-order valence-electron chi connectivity index (χ0n) is 22.5. The molecule has 0 aromatic carbocycles. The second-order valence-electron chi connectivity index (χ2n) is 13.2. The first-order valence-electron chi connectivity index (χ1n) is 12.2. The van der Waals surface area contributed by atoms with Gasteiger partial charge < -0.3 is 9.47 Å². The first-order chi connectivity index (χ1) is 13.4. The fourth-order valence-corrected chi connectivity index (χ4v) is 12.8. The van der Waals surface area contributed by atoms with Crippen LogP contribution in [-0.2, 0) is 9.47 Å². The molecule has 0 aromatic rings. The number of carbonyl (C=O) groups is 1. The molecule has 0 aliphatic carbocycles. The van der Waals surface area contributed by atoms with Crippen molar-refractivity contribution < 1.29 is 14.3 Å². The highest BCUT2D eigenvalue weighted by molar-refractivity contribution is 6.80. The summed E-state index contributed by atoms with van der Waals surface area (Å²) in [7, 11) is -5.30. The third-order valence-corrected chi connectivity index (χ3v) is 18.0. The van der Waals surface area contributed by atoms with Gasteiger partial charge in [-0.05, 0) is 11.1 Å². The predicted octanol–water partition coefficient (Wildman–Crippen LogP) is 8.65. The van der Waals surface area contributed by atoms with Crippen LogP contribution in [0.3, 0.4) is 0 Å². The van der Waals surface area contributed by atoms with Gasteiger partial charge in [0.15, 0.2) is 0 Å². The minimum absolute atomic E-state index is 0.434. The molecule has 0 aliphatic heterocycles. The molecule has 3 nitrogen and oxygen atoms in total. The van der Waals surface area contributed by atoms with Crippen molar-refractivity contribution in [3.8, 4) is 0 Å². The van der Waals surface area contributed by atoms with E-state index in [1.807, 2.05) is 0 Å². The van der Waals surface area contributed by atoms with Crippen molar-refractivity contribution in [2.24, 2.45) is 0 Å². The van der Waals surface area contributed by atoms with Crippen LogP contribution in [-0.4, -0.2) is 50.9 Å². The summed E-state index contributed by atoms with van der Waals surface area (Å²) in [6.45, 7) is 28.8. The number of carbonyl (C=O) groups excluding carboxylic acids is 1. The third-order valence-electron chi connectivity index (χ3n) is 6.81. The molecule has 0 rings (SSSR count). The van der Waals surface area contributed by atoms with Crippen molar-refractivity contribution in [1.29, 1.82) is 0 Å². The molecule has 0 saturated carbocycles. The molecule has 180 valence electrons. The summed E-state index contributed by atoms with van der Waals surface area (Å²) in [4.78, 5) is 12.4. The fraction of sp³-hybridized carbons (Fsp3) is 0.957. The Morgan fingerprint density at radius 2 is 0.933 bits per heavy atom. The summed E-state index contributed by atoms with van der Waals surface area (Å²) >= 11 is 0. The lowest BCUT2D eigenvalue weighted by Gasteiger charge is -2.34. The van der Waals surface area contributed by atoms with Gasteiger partial charge in [0.1, 0.15) is 0 Å². The molecule has 0 saturated heterocycles. The molecule has 0 heterocycles. The monoisotopic (exact) mass is 490 g/mol. The Balaban J connectivity index is 4.66. The van der Waals surface area contributed by atoms with Crippen LogP contribution in [0.2, 0.25) is 88.6 Å². The van der Waals surface area contributed by atoms with Crippen molar-refractivity contribution in [1.82, 2.24) is 0 Å². The van der Waals surface area contributed by atoms with Gasteiger partial charge in [-0.3, -0.25) is 0 Å². The van der Waals surface area contributed by atoms with Crippen LogP contribution in [0.5, 0.6) is 0 Å². The molecule has 0 bridgehead atoms. The smallest absolute Gasteiger partial charge is 0.438 e. The number of hydrogen-bond acceptors (Lipinski definition) is 3. The molecule has 0 amide bonds. The zero-order valence-corrected chi connectivity index (χ0v) is 26.5. The molecule has 0 N–H and O–H groups in total. The maximum atomic E-state index is 12.4. The predicted molar refractivity (Wildman–Crippen MR) is 146 cm³/mol. The molecule has 0 radical (unpaired) electrons. The highest BCUT2D eigenvalue weighted by Crippen LogP contribution is 2.34. The SMILES string of the molecule is CCC(CC[Si](C)(C)C)[Si](C)(C)COC(=O)OC[Si](C)(C)C(CC)CC[Si](C)(C)C. The average molecular weight is 491 g/mol. The molecule has 0 aromatic heterocycles. The van der Waals surface area contributed by atoms with Crippen LogP contribution >= 0.6 is 0 Å². The molecule has 2 unspecified atom stereocenters. The molecule has 2 atom stereocenters. The van der Waals surface area contributed by atoms with Gasteiger partial charge in [-0.15, -0.1) is 0 Å². The summed E-state index contributed by atoms with van der Waals surface area (Å²) in [5.74, 6) is 0. The summed E-state index contributed by atoms with van der Waals surface area (Å²) in [5.41, 5.74) is 1.43. The van der Waals surface area contributed by atoms with Crippen LogP contribution in [0, 0.1) is 0 Å². The normalized spacial score (nSPS) is 15.6. The van der Waals surface area contributed by atoms with E-state index >= 15 is 0 Å². The lowest BCUT2D eigenvalue weighted by molar-refractivity contribution is 0.0771. The van der Waals surface area contributed by atoms with Crippen LogP contribution in [0.4, 0.5) is 4.79 Å². The highest BCUT2D eigenvalue weighted by Gasteiger charge is 2.35. The molecule has 30 heavy (non-hydrogen) atoms. The Bertz CT molecular complexity index is 464. The molecular formula is C23H54O3Si4. The topological polar surface area (TPSA) is 35.5 Å². The van der Waals surface area contributed by atoms with E-state index in [9.17, 15) is 4.79 Å². The van der Waals surface area contributed by atoms with Crippen molar-refractivity contribution in [3.63, 3.8) is 0 Å². The Morgan fingerprint density at radius 1 is 0.633 bits per heavy atom. The number of hydrogen-bond donors (Lipinski definition) is 0. The lowest BCUT2D eigenvalue weighted by atomic mass is 10.3. The molecule has 0 spiro atoms. The maximum Gasteiger partial charge on any atom is 0.507 e. The van der Waals surface area contributed by atoms with Crippen LogP contribution in [0.1, 0.15) is 39.5 Å². The van der Waals surface area contributed by atoms with Gasteiger partial charge in [0, 0.05) is 16.1 Å². The van der Waals surface area contributed by atoms with E-state index in [0.29, 0.717) is 23.5 Å². The maximum absolute atomic E-state index is 12.4. The van der Waals surface area contributed by atoms with Crippen LogP contribution in [0.15, 0.2) is 0 Å². The van der Waals surface area contributed by atoms with E-state index in [4.69, 9.17) is 9.47 Å². The number of ether oxygens (including phenoxy) is 2. The number of rotatable bonds is 14. The third kappa shape index (κ3) is 12.9. The Kier molecular flexibility index (Phi) is 12.5. The Labute approximate surface area is 193 Å². The van der Waals surface area contributed by atoms with Gasteiger partial charge in [0.25, 0.3) is 0 Å². The average Bonchev–Trinajstić information content (AvgIpc) is 2.57. The minimum Gasteiger partial charge on any atom is -0.438 e. The van der Waals surface area contributed by atoms with E-state index in [0.717, 1.165) is 0 Å². The summed E-state index contributed by atoms with van der Waals surface area (Å²) < 4.78 is 11.4. The van der Waals surface area contributed by atoms with Crippen LogP contribution < -0.4 is 0 Å². The molecule has 7 heteroatoms. The standard InChI is InChI=1S/C23H54O3Si4/c1-13-21(15-17-27(3,4)5)29(9,10)19-25-23(24)26-20-30(11,12)22(14-2)16-18-28(6,7)8/h21-22H,13-20H2,1-12H3. The Morgan fingerprint density at radius 3 is 1.17 bits per heavy atom. The van der Waals surface area contributed by atoms with Gasteiger partial charge in [-0.1, -0.05) is 117 Å². The van der Waals surface area contributed by atoms with Gasteiger partial charge in [-0.2, -0.15) is 0 Å². The van der Waals surface area contributed by atoms with E-state index in [-0.39, 0.29) is 0 Å². The Hall–Kier alpha value is 0.138.